The van der Waals surface area contributed by atoms with E-state index < -0.39 is 12.1 Å². The largest absolute Gasteiger partial charge is 0.340 e. The SMILES string of the molecule is C#Cc1ccccc1.CCC(=O)[C@@H](NC(=O)c1nc(Br)n2c1CN(C)CC2)C(C)(C)C.CCC(=O)[C@@H](NC(=O)c1nc(C#Cc2ccccc2)n2c1CN(C)CC2)C(C)(C)C. The van der Waals surface area contributed by atoms with E-state index in [9.17, 15) is 19.2 Å². The molecule has 2 aromatic carbocycles. The maximum Gasteiger partial charge on any atom is 0.272 e. The summed E-state index contributed by atoms with van der Waals surface area (Å²) < 4.78 is 4.71. The van der Waals surface area contributed by atoms with Crippen LogP contribution in [-0.4, -0.2) is 91.6 Å². The number of nitrogens with one attached hydrogen (secondary N) is 2. The van der Waals surface area contributed by atoms with E-state index in [1.165, 1.54) is 0 Å². The molecule has 2 amide bonds. The average Bonchev–Trinajstić information content (AvgIpc) is 3.76. The van der Waals surface area contributed by atoms with Crippen molar-refractivity contribution in [3.63, 3.8) is 0 Å². The van der Waals surface area contributed by atoms with Crippen LogP contribution in [0.1, 0.15) is 118 Å². The van der Waals surface area contributed by atoms with E-state index in [1.807, 2.05) is 139 Å². The van der Waals surface area contributed by atoms with Gasteiger partial charge in [-0.2, -0.15) is 0 Å². The van der Waals surface area contributed by atoms with Crippen LogP contribution < -0.4 is 10.6 Å². The number of nitrogens with zero attached hydrogens (tertiary/aromatic N) is 6. The van der Waals surface area contributed by atoms with Crippen molar-refractivity contribution in [1.29, 1.82) is 0 Å². The number of benzene rings is 2. The van der Waals surface area contributed by atoms with Crippen LogP contribution in [0.25, 0.3) is 0 Å². The monoisotopic (exact) mass is 892 g/mol. The van der Waals surface area contributed by atoms with Crippen LogP contribution in [0.15, 0.2) is 65.4 Å². The van der Waals surface area contributed by atoms with Crippen molar-refractivity contribution in [3.8, 4) is 24.2 Å². The Hall–Kier alpha value is -5.34. The second kappa shape index (κ2) is 21.4. The van der Waals surface area contributed by atoms with Gasteiger partial charge < -0.3 is 19.8 Å². The van der Waals surface area contributed by atoms with Crippen molar-refractivity contribution in [2.24, 2.45) is 10.8 Å². The van der Waals surface area contributed by atoms with Crippen LogP contribution in [0.5, 0.6) is 0 Å². The third-order valence-electron chi connectivity index (χ3n) is 10.4. The number of rotatable bonds is 8. The zero-order chi connectivity index (χ0) is 45.1. The van der Waals surface area contributed by atoms with Gasteiger partial charge in [-0.25, -0.2) is 9.97 Å². The smallest absolute Gasteiger partial charge is 0.272 e. The van der Waals surface area contributed by atoms with Gasteiger partial charge in [0.05, 0.1) is 23.5 Å². The quantitative estimate of drug-likeness (QED) is 0.186. The van der Waals surface area contributed by atoms with Crippen LogP contribution >= 0.6 is 15.9 Å². The Morgan fingerprint density at radius 1 is 0.672 bits per heavy atom. The molecular formula is C48H61BrN8O4. The number of imidazole rings is 2. The van der Waals surface area contributed by atoms with E-state index in [0.29, 0.717) is 47.9 Å². The third kappa shape index (κ3) is 13.1. The second-order valence-corrected chi connectivity index (χ2v) is 18.2. The standard InChI is InChI=1S/C24H30N4O2.C16H25BrN4O2.C8H6/c1-6-19(29)22(24(2,3)4)26-23(30)21-18-16-27(5)14-15-28(18)20(25-21)13-12-17-10-8-7-9-11-17;1-6-11(22)13(16(2,3)4)19-14(23)12-10-9-20(5)7-8-21(10)15(17)18-12;1-2-8-6-4-3-5-7-8/h7-11,22H,6,14-16H2,1-5H3,(H,26,30);13H,6-9H2,1-5H3,(H,19,23);1,3-7H/t22-;13-;/m11./s1. The predicted molar refractivity (Wildman–Crippen MR) is 244 cm³/mol. The number of halogens is 1. The summed E-state index contributed by atoms with van der Waals surface area (Å²) in [5.74, 6) is 8.84. The van der Waals surface area contributed by atoms with Crippen molar-refractivity contribution in [3.05, 3.63) is 105 Å². The van der Waals surface area contributed by atoms with E-state index in [2.05, 4.69) is 64.1 Å². The highest BCUT2D eigenvalue weighted by molar-refractivity contribution is 9.10. The summed E-state index contributed by atoms with van der Waals surface area (Å²) in [7, 11) is 4.04. The van der Waals surface area contributed by atoms with Crippen molar-refractivity contribution in [2.45, 2.75) is 106 Å². The van der Waals surface area contributed by atoms with Crippen LogP contribution in [0, 0.1) is 35.0 Å². The van der Waals surface area contributed by atoms with Crippen molar-refractivity contribution < 1.29 is 19.2 Å². The lowest BCUT2D eigenvalue weighted by Gasteiger charge is -2.30. The maximum absolute atomic E-state index is 13.2. The van der Waals surface area contributed by atoms with Crippen molar-refractivity contribution in [2.75, 3.05) is 27.2 Å². The minimum absolute atomic E-state index is 0.0186. The number of Topliss-reactive ketones (excluding diaryl/α,β-unsaturated/α-hetero) is 2. The fourth-order valence-corrected chi connectivity index (χ4v) is 7.52. The fraction of sp³-hybridized carbons (Fsp3) is 0.458. The molecule has 324 valence electrons. The van der Waals surface area contributed by atoms with Gasteiger partial charge in [0, 0.05) is 63.2 Å². The molecule has 0 spiro atoms. The summed E-state index contributed by atoms with van der Waals surface area (Å²) in [4.78, 5) is 63.9. The Morgan fingerprint density at radius 3 is 1.52 bits per heavy atom. The van der Waals surface area contributed by atoms with Crippen LogP contribution in [0.2, 0.25) is 0 Å². The molecule has 4 heterocycles. The molecular weight excluding hydrogens is 832 g/mol. The molecule has 2 aliphatic rings. The number of amides is 2. The van der Waals surface area contributed by atoms with E-state index in [4.69, 9.17) is 6.42 Å². The van der Waals surface area contributed by atoms with Gasteiger partial charge in [-0.1, -0.05) is 104 Å². The highest BCUT2D eigenvalue weighted by atomic mass is 79.9. The van der Waals surface area contributed by atoms with Gasteiger partial charge in [0.1, 0.15) is 0 Å². The first-order valence-electron chi connectivity index (χ1n) is 20.8. The molecule has 4 aromatic rings. The van der Waals surface area contributed by atoms with Crippen LogP contribution in [-0.2, 0) is 35.8 Å². The summed E-state index contributed by atoms with van der Waals surface area (Å²) in [5, 5.41) is 5.84. The van der Waals surface area contributed by atoms with Gasteiger partial charge >= 0.3 is 0 Å². The highest BCUT2D eigenvalue weighted by Crippen LogP contribution is 2.26. The first-order valence-corrected chi connectivity index (χ1v) is 21.5. The van der Waals surface area contributed by atoms with Gasteiger partial charge in [-0.05, 0) is 71.0 Å². The number of fused-ring (bicyclic) bond motifs is 2. The molecule has 2 aliphatic heterocycles. The number of carbonyl (C=O) groups is 4. The molecule has 0 aliphatic carbocycles. The van der Waals surface area contributed by atoms with Gasteiger partial charge in [0.2, 0.25) is 0 Å². The fourth-order valence-electron chi connectivity index (χ4n) is 6.95. The number of aromatic nitrogens is 4. The van der Waals surface area contributed by atoms with E-state index in [-0.39, 0.29) is 34.2 Å². The van der Waals surface area contributed by atoms with Crippen LogP contribution in [0.4, 0.5) is 0 Å². The molecule has 61 heavy (non-hydrogen) atoms. The summed E-state index contributed by atoms with van der Waals surface area (Å²) in [5.41, 5.74) is 3.61. The minimum atomic E-state index is -0.562. The summed E-state index contributed by atoms with van der Waals surface area (Å²) in [6.45, 7) is 20.0. The van der Waals surface area contributed by atoms with Gasteiger partial charge in [0.25, 0.3) is 11.8 Å². The number of carbonyl (C=O) groups excluding carboxylic acids is 4. The van der Waals surface area contributed by atoms with Gasteiger partial charge in [0.15, 0.2) is 33.5 Å². The number of hydrogen-bond acceptors (Lipinski definition) is 8. The summed E-state index contributed by atoms with van der Waals surface area (Å²) in [6.07, 6.45) is 5.87. The Kier molecular flexibility index (Phi) is 17.0. The van der Waals surface area contributed by atoms with E-state index >= 15 is 0 Å². The molecule has 0 fully saturated rings. The average molecular weight is 894 g/mol. The number of likely N-dealkylation sites (N-methyl/N-ethyl adjacent to an activating group) is 2. The Labute approximate surface area is 370 Å². The topological polar surface area (TPSA) is 134 Å². The Morgan fingerprint density at radius 2 is 1.10 bits per heavy atom. The van der Waals surface area contributed by atoms with E-state index in [0.717, 1.165) is 48.7 Å². The first kappa shape index (κ1) is 48.3. The lowest BCUT2D eigenvalue weighted by Crippen LogP contribution is -2.49. The minimum Gasteiger partial charge on any atom is -0.340 e. The molecule has 12 nitrogen and oxygen atoms in total. The first-order chi connectivity index (χ1) is 28.8. The molecule has 0 bridgehead atoms. The predicted octanol–water partition coefficient (Wildman–Crippen LogP) is 6.73. The van der Waals surface area contributed by atoms with Gasteiger partial charge in [-0.3, -0.25) is 29.0 Å². The maximum atomic E-state index is 13.2. The molecule has 0 radical (unpaired) electrons. The molecule has 2 aromatic heterocycles. The molecule has 0 saturated heterocycles. The Balaban J connectivity index is 0.000000232. The highest BCUT2D eigenvalue weighted by Gasteiger charge is 2.35. The zero-order valence-corrected chi connectivity index (χ0v) is 38.9. The molecule has 2 N–H and O–H groups in total. The van der Waals surface area contributed by atoms with Crippen molar-refractivity contribution >= 4 is 39.3 Å². The van der Waals surface area contributed by atoms with Crippen LogP contribution in [0.3, 0.4) is 0 Å². The third-order valence-corrected chi connectivity index (χ3v) is 11.0. The molecule has 6 rings (SSSR count). The normalized spacial score (nSPS) is 14.7. The van der Waals surface area contributed by atoms with Crippen molar-refractivity contribution in [1.82, 2.24) is 39.5 Å². The molecule has 2 atom stereocenters. The summed E-state index contributed by atoms with van der Waals surface area (Å²) >= 11 is 3.43. The second-order valence-electron chi connectivity index (χ2n) is 17.5. The number of ketones is 2. The van der Waals surface area contributed by atoms with E-state index in [1.54, 1.807) is 0 Å². The summed E-state index contributed by atoms with van der Waals surface area (Å²) in [6, 6.07) is 18.2. The lowest BCUT2D eigenvalue weighted by atomic mass is 9.83. The lowest BCUT2D eigenvalue weighted by molar-refractivity contribution is -0.123. The molecule has 0 saturated carbocycles. The Bertz CT molecular complexity index is 2270. The molecule has 0 unspecified atom stereocenters. The zero-order valence-electron chi connectivity index (χ0n) is 37.4. The number of terminal acetylenes is 1. The number of hydrogen-bond donors (Lipinski definition) is 2. The molecule has 13 heteroatoms. The van der Waals surface area contributed by atoms with Gasteiger partial charge in [-0.15, -0.1) is 6.42 Å².